The molecule has 1 fully saturated rings. The molecular weight excluding hydrogens is 364 g/mol. The predicted molar refractivity (Wildman–Crippen MR) is 114 cm³/mol. The normalized spacial score (nSPS) is 17.2. The Morgan fingerprint density at radius 3 is 2.90 bits per heavy atom. The number of H-pyrrole nitrogens is 2. The highest BCUT2D eigenvalue weighted by atomic mass is 16.5. The van der Waals surface area contributed by atoms with Crippen molar-refractivity contribution < 1.29 is 4.74 Å². The smallest absolute Gasteiger partial charge is 0.137 e. The molecule has 148 valence electrons. The number of rotatable bonds is 3. The Bertz CT molecular complexity index is 1160. The average molecular weight is 388 g/mol. The van der Waals surface area contributed by atoms with Crippen LogP contribution >= 0.6 is 0 Å². The number of aromatic amines is 2. The molecule has 0 aliphatic carbocycles. The van der Waals surface area contributed by atoms with Gasteiger partial charge in [0, 0.05) is 41.1 Å². The Morgan fingerprint density at radius 1 is 1.21 bits per heavy atom. The zero-order valence-electron chi connectivity index (χ0n) is 16.9. The summed E-state index contributed by atoms with van der Waals surface area (Å²) in [6, 6.07) is 8.68. The Morgan fingerprint density at radius 2 is 2.10 bits per heavy atom. The monoisotopic (exact) mass is 388 g/mol. The summed E-state index contributed by atoms with van der Waals surface area (Å²) in [4.78, 5) is 15.0. The molecule has 7 heteroatoms. The summed E-state index contributed by atoms with van der Waals surface area (Å²) >= 11 is 0. The van der Waals surface area contributed by atoms with Crippen molar-refractivity contribution in [2.45, 2.75) is 26.8 Å². The van der Waals surface area contributed by atoms with Gasteiger partial charge in [0.05, 0.1) is 30.6 Å². The van der Waals surface area contributed by atoms with Gasteiger partial charge in [0.1, 0.15) is 11.5 Å². The molecule has 5 heterocycles. The topological polar surface area (TPSA) is 82.7 Å². The minimum Gasteiger partial charge on any atom is -0.377 e. The van der Waals surface area contributed by atoms with E-state index in [1.54, 1.807) is 0 Å². The number of hydrogen-bond donors (Lipinski definition) is 2. The summed E-state index contributed by atoms with van der Waals surface area (Å²) in [6.45, 7) is 8.53. The predicted octanol–water partition coefficient (Wildman–Crippen LogP) is 3.86. The molecule has 7 nitrogen and oxygen atoms in total. The molecule has 1 aliphatic rings. The SMILES string of the molecule is Cc1n[nH]c(C)c1-c1cc(-c2ccnc3[nH]ccc23)nc(N2CCOC[C@H]2C)c1. The molecule has 2 N–H and O–H groups in total. The van der Waals surface area contributed by atoms with Gasteiger partial charge in [0.15, 0.2) is 0 Å². The zero-order valence-corrected chi connectivity index (χ0v) is 16.9. The highest BCUT2D eigenvalue weighted by Gasteiger charge is 2.23. The van der Waals surface area contributed by atoms with E-state index in [0.29, 0.717) is 13.2 Å². The van der Waals surface area contributed by atoms with Crippen LogP contribution in [0.4, 0.5) is 5.82 Å². The number of fused-ring (bicyclic) bond motifs is 1. The molecule has 5 rings (SSSR count). The molecule has 1 saturated heterocycles. The number of nitrogens with zero attached hydrogens (tertiary/aromatic N) is 4. The van der Waals surface area contributed by atoms with E-state index in [9.17, 15) is 0 Å². The van der Waals surface area contributed by atoms with Crippen LogP contribution in [0.25, 0.3) is 33.4 Å². The maximum Gasteiger partial charge on any atom is 0.137 e. The summed E-state index contributed by atoms with van der Waals surface area (Å²) in [5, 5.41) is 8.58. The fourth-order valence-corrected chi connectivity index (χ4v) is 4.17. The van der Waals surface area contributed by atoms with Crippen molar-refractivity contribution in [3.05, 3.63) is 48.0 Å². The van der Waals surface area contributed by atoms with E-state index < -0.39 is 0 Å². The third-order valence-electron chi connectivity index (χ3n) is 5.63. The van der Waals surface area contributed by atoms with Gasteiger partial charge in [-0.25, -0.2) is 9.97 Å². The Hall–Kier alpha value is -3.19. The van der Waals surface area contributed by atoms with E-state index in [0.717, 1.165) is 57.2 Å². The number of hydrogen-bond acceptors (Lipinski definition) is 5. The highest BCUT2D eigenvalue weighted by Crippen LogP contribution is 2.34. The average Bonchev–Trinajstić information content (AvgIpc) is 3.34. The first kappa shape index (κ1) is 17.9. The van der Waals surface area contributed by atoms with Gasteiger partial charge in [-0.1, -0.05) is 0 Å². The van der Waals surface area contributed by atoms with Crippen LogP contribution in [0, 0.1) is 13.8 Å². The fourth-order valence-electron chi connectivity index (χ4n) is 4.17. The van der Waals surface area contributed by atoms with E-state index in [1.807, 2.05) is 25.4 Å². The van der Waals surface area contributed by atoms with Gasteiger partial charge in [-0.05, 0) is 50.6 Å². The maximum absolute atomic E-state index is 5.64. The van der Waals surface area contributed by atoms with Gasteiger partial charge < -0.3 is 14.6 Å². The van der Waals surface area contributed by atoms with Crippen molar-refractivity contribution in [3.63, 3.8) is 0 Å². The number of morpholine rings is 1. The molecule has 29 heavy (non-hydrogen) atoms. The van der Waals surface area contributed by atoms with Gasteiger partial charge in [-0.3, -0.25) is 5.10 Å². The molecule has 4 aromatic rings. The summed E-state index contributed by atoms with van der Waals surface area (Å²) in [5.41, 5.74) is 7.17. The lowest BCUT2D eigenvalue weighted by Gasteiger charge is -2.34. The minimum atomic E-state index is 0.274. The summed E-state index contributed by atoms with van der Waals surface area (Å²) in [5.74, 6) is 0.966. The largest absolute Gasteiger partial charge is 0.377 e. The molecule has 1 aliphatic heterocycles. The van der Waals surface area contributed by atoms with Gasteiger partial charge in [0.2, 0.25) is 0 Å². The van der Waals surface area contributed by atoms with Crippen molar-refractivity contribution in [3.8, 4) is 22.4 Å². The van der Waals surface area contributed by atoms with Crippen LogP contribution in [0.1, 0.15) is 18.3 Å². The Balaban J connectivity index is 1.73. The van der Waals surface area contributed by atoms with Gasteiger partial charge in [0.25, 0.3) is 0 Å². The van der Waals surface area contributed by atoms with Crippen LogP contribution in [-0.2, 0) is 4.74 Å². The van der Waals surface area contributed by atoms with Crippen LogP contribution < -0.4 is 4.90 Å². The zero-order chi connectivity index (χ0) is 20.0. The van der Waals surface area contributed by atoms with Crippen LogP contribution in [-0.4, -0.2) is 50.9 Å². The molecule has 0 spiro atoms. The van der Waals surface area contributed by atoms with Crippen molar-refractivity contribution in [1.82, 2.24) is 25.1 Å². The second kappa shape index (κ2) is 7.00. The van der Waals surface area contributed by atoms with Crippen LogP contribution in [0.2, 0.25) is 0 Å². The lowest BCUT2D eigenvalue weighted by molar-refractivity contribution is 0.0985. The van der Waals surface area contributed by atoms with E-state index in [2.05, 4.69) is 57.1 Å². The number of aryl methyl sites for hydroxylation is 2. The van der Waals surface area contributed by atoms with E-state index in [4.69, 9.17) is 9.72 Å². The third-order valence-corrected chi connectivity index (χ3v) is 5.63. The molecule has 0 unspecified atom stereocenters. The van der Waals surface area contributed by atoms with Gasteiger partial charge >= 0.3 is 0 Å². The standard InChI is InChI=1S/C22H24N6O/c1-13-12-29-9-8-28(13)20-11-16(21-14(2)26-27-15(21)3)10-19(25-20)17-4-6-23-22-18(17)5-7-24-22/h4-7,10-11,13H,8-9,12H2,1-3H3,(H,23,24)(H,26,27)/t13-/m1/s1. The molecule has 4 aromatic heterocycles. The second-order valence-electron chi connectivity index (χ2n) is 7.62. The van der Waals surface area contributed by atoms with Gasteiger partial charge in [-0.2, -0.15) is 5.10 Å². The lowest BCUT2D eigenvalue weighted by Crippen LogP contribution is -2.44. The molecular formula is C22H24N6O. The molecule has 0 amide bonds. The maximum atomic E-state index is 5.64. The van der Waals surface area contributed by atoms with Gasteiger partial charge in [-0.15, -0.1) is 0 Å². The van der Waals surface area contributed by atoms with Crippen molar-refractivity contribution in [2.24, 2.45) is 0 Å². The van der Waals surface area contributed by atoms with Crippen molar-refractivity contribution in [1.29, 1.82) is 0 Å². The van der Waals surface area contributed by atoms with Crippen LogP contribution in [0.3, 0.4) is 0 Å². The second-order valence-corrected chi connectivity index (χ2v) is 7.62. The molecule has 0 aromatic carbocycles. The molecule has 1 atom stereocenters. The first-order chi connectivity index (χ1) is 14.1. The number of pyridine rings is 2. The summed E-state index contributed by atoms with van der Waals surface area (Å²) in [7, 11) is 0. The fraction of sp³-hybridized carbons (Fsp3) is 0.318. The summed E-state index contributed by atoms with van der Waals surface area (Å²) < 4.78 is 5.64. The lowest BCUT2D eigenvalue weighted by atomic mass is 10.0. The van der Waals surface area contributed by atoms with E-state index in [-0.39, 0.29) is 6.04 Å². The highest BCUT2D eigenvalue weighted by molar-refractivity contribution is 5.93. The third kappa shape index (κ3) is 3.07. The van der Waals surface area contributed by atoms with E-state index >= 15 is 0 Å². The molecule has 0 radical (unpaired) electrons. The number of aromatic nitrogens is 5. The Labute approximate surface area is 169 Å². The first-order valence-electron chi connectivity index (χ1n) is 9.92. The molecule has 0 bridgehead atoms. The number of anilines is 1. The Kier molecular flexibility index (Phi) is 4.32. The van der Waals surface area contributed by atoms with Crippen molar-refractivity contribution >= 4 is 16.9 Å². The number of nitrogens with one attached hydrogen (secondary N) is 2. The van der Waals surface area contributed by atoms with Crippen LogP contribution in [0.15, 0.2) is 36.7 Å². The van der Waals surface area contributed by atoms with Crippen LogP contribution in [0.5, 0.6) is 0 Å². The summed E-state index contributed by atoms with van der Waals surface area (Å²) in [6.07, 6.45) is 3.74. The quantitative estimate of drug-likeness (QED) is 0.557. The first-order valence-corrected chi connectivity index (χ1v) is 9.92. The van der Waals surface area contributed by atoms with E-state index in [1.165, 1.54) is 0 Å². The number of ether oxygens (including phenoxy) is 1. The minimum absolute atomic E-state index is 0.274. The van der Waals surface area contributed by atoms with Crippen molar-refractivity contribution in [2.75, 3.05) is 24.7 Å². The molecule has 0 saturated carbocycles.